The molecule has 1 fully saturated rings. The number of amides is 1. The molecular formula is C19H27Cl2N3OS. The summed E-state index contributed by atoms with van der Waals surface area (Å²) in [4.78, 5) is 16.3. The number of nitrogens with zero attached hydrogens (tertiary/aromatic N) is 1. The minimum atomic E-state index is -0.0972. The van der Waals surface area contributed by atoms with Crippen molar-refractivity contribution < 1.29 is 4.79 Å². The predicted octanol–water partition coefficient (Wildman–Crippen LogP) is 4.38. The zero-order valence-corrected chi connectivity index (χ0v) is 17.3. The second kappa shape index (κ2) is 10.8. The molecule has 2 heterocycles. The Kier molecular flexibility index (Phi) is 9.44. The van der Waals surface area contributed by atoms with E-state index < -0.39 is 0 Å². The van der Waals surface area contributed by atoms with E-state index in [9.17, 15) is 4.79 Å². The molecule has 26 heavy (non-hydrogen) atoms. The lowest BCUT2D eigenvalue weighted by Crippen LogP contribution is -2.41. The van der Waals surface area contributed by atoms with Gasteiger partial charge < -0.3 is 11.1 Å². The maximum Gasteiger partial charge on any atom is 0.253 e. The number of para-hydroxylation sites is 1. The van der Waals surface area contributed by atoms with Gasteiger partial charge >= 0.3 is 0 Å². The van der Waals surface area contributed by atoms with Crippen molar-refractivity contribution in [3.8, 4) is 0 Å². The van der Waals surface area contributed by atoms with Gasteiger partial charge in [0.25, 0.3) is 5.91 Å². The molecule has 0 radical (unpaired) electrons. The fourth-order valence-corrected chi connectivity index (χ4v) is 4.08. The van der Waals surface area contributed by atoms with Crippen LogP contribution in [0.15, 0.2) is 41.8 Å². The fraction of sp³-hybridized carbons (Fsp3) is 0.421. The molecule has 144 valence electrons. The first-order valence-electron chi connectivity index (χ1n) is 8.55. The van der Waals surface area contributed by atoms with Gasteiger partial charge in [-0.3, -0.25) is 9.69 Å². The van der Waals surface area contributed by atoms with Crippen LogP contribution in [0, 0.1) is 5.92 Å². The van der Waals surface area contributed by atoms with Gasteiger partial charge in [-0.15, -0.1) is 36.2 Å². The van der Waals surface area contributed by atoms with Gasteiger partial charge in [0, 0.05) is 17.1 Å². The van der Waals surface area contributed by atoms with E-state index in [-0.39, 0.29) is 36.8 Å². The molecule has 1 unspecified atom stereocenters. The third kappa shape index (κ3) is 5.61. The molecule has 0 spiro atoms. The Morgan fingerprint density at radius 3 is 2.54 bits per heavy atom. The Morgan fingerprint density at radius 2 is 1.92 bits per heavy atom. The zero-order chi connectivity index (χ0) is 16.9. The fourth-order valence-electron chi connectivity index (χ4n) is 3.22. The van der Waals surface area contributed by atoms with Gasteiger partial charge in [0.2, 0.25) is 0 Å². The van der Waals surface area contributed by atoms with E-state index in [0.29, 0.717) is 17.8 Å². The number of thiophene rings is 1. The number of benzene rings is 1. The lowest BCUT2D eigenvalue weighted by molar-refractivity contribution is 0.0916. The Labute approximate surface area is 172 Å². The van der Waals surface area contributed by atoms with Crippen LogP contribution in [0.25, 0.3) is 0 Å². The monoisotopic (exact) mass is 415 g/mol. The number of nitrogens with one attached hydrogen (secondary N) is 1. The van der Waals surface area contributed by atoms with E-state index in [1.54, 1.807) is 23.5 Å². The molecule has 1 aliphatic rings. The maximum atomic E-state index is 12.5. The molecule has 1 aromatic heterocycles. The molecule has 1 aliphatic heterocycles. The Hall–Kier alpha value is -1.27. The molecule has 0 saturated carbocycles. The minimum Gasteiger partial charge on any atom is -0.398 e. The molecule has 3 N–H and O–H groups in total. The third-order valence-corrected chi connectivity index (χ3v) is 5.77. The summed E-state index contributed by atoms with van der Waals surface area (Å²) in [5, 5.41) is 5.19. The number of hydrogen-bond acceptors (Lipinski definition) is 4. The number of carbonyl (C=O) groups is 1. The van der Waals surface area contributed by atoms with Crippen LogP contribution in [-0.4, -0.2) is 30.4 Å². The molecule has 1 amide bonds. The number of likely N-dealkylation sites (tertiary alicyclic amines) is 1. The van der Waals surface area contributed by atoms with Crippen LogP contribution in [0.3, 0.4) is 0 Å². The van der Waals surface area contributed by atoms with E-state index >= 15 is 0 Å². The van der Waals surface area contributed by atoms with E-state index in [4.69, 9.17) is 5.73 Å². The first-order valence-corrected chi connectivity index (χ1v) is 9.43. The number of halogens is 2. The van der Waals surface area contributed by atoms with Crippen molar-refractivity contribution in [2.24, 2.45) is 5.92 Å². The molecule has 3 rings (SSSR count). The van der Waals surface area contributed by atoms with E-state index in [1.165, 1.54) is 17.7 Å². The summed E-state index contributed by atoms with van der Waals surface area (Å²) >= 11 is 1.76. The van der Waals surface area contributed by atoms with Crippen LogP contribution in [0.4, 0.5) is 5.69 Å². The third-order valence-electron chi connectivity index (χ3n) is 4.79. The number of anilines is 1. The lowest BCUT2D eigenvalue weighted by atomic mass is 9.97. The zero-order valence-electron chi connectivity index (χ0n) is 14.9. The van der Waals surface area contributed by atoms with Crippen molar-refractivity contribution in [3.63, 3.8) is 0 Å². The van der Waals surface area contributed by atoms with Crippen LogP contribution >= 0.6 is 36.2 Å². The maximum absolute atomic E-state index is 12.5. The summed E-state index contributed by atoms with van der Waals surface area (Å²) in [5.41, 5.74) is 6.98. The van der Waals surface area contributed by atoms with Gasteiger partial charge in [0.1, 0.15) is 0 Å². The first kappa shape index (κ1) is 22.8. The second-order valence-electron chi connectivity index (χ2n) is 6.55. The quantitative estimate of drug-likeness (QED) is 0.712. The average molecular weight is 416 g/mol. The second-order valence-corrected chi connectivity index (χ2v) is 7.53. The van der Waals surface area contributed by atoms with Crippen molar-refractivity contribution in [2.75, 3.05) is 25.4 Å². The standard InChI is InChI=1S/C19H25N3OS.2ClH/c1-14-8-10-22(11-9-14)17(18-7-4-12-24-18)13-21-19(23)15-5-2-3-6-16(15)20;;/h2-7,12,14,17H,8-11,13,20H2,1H3,(H,21,23);2*1H. The van der Waals surface area contributed by atoms with Gasteiger partial charge in [-0.05, 0) is 55.4 Å². The summed E-state index contributed by atoms with van der Waals surface area (Å²) in [6.45, 7) is 5.11. The van der Waals surface area contributed by atoms with Gasteiger partial charge in [0.15, 0.2) is 0 Å². The molecule has 1 saturated heterocycles. The minimum absolute atomic E-state index is 0. The van der Waals surface area contributed by atoms with E-state index in [0.717, 1.165) is 19.0 Å². The Bertz CT molecular complexity index is 673. The SMILES string of the molecule is CC1CCN(C(CNC(=O)c2ccccc2N)c2cccs2)CC1.Cl.Cl. The van der Waals surface area contributed by atoms with Crippen LogP contribution < -0.4 is 11.1 Å². The molecule has 7 heteroatoms. The number of nitrogens with two attached hydrogens (primary N) is 1. The van der Waals surface area contributed by atoms with Crippen molar-refractivity contribution in [2.45, 2.75) is 25.8 Å². The highest BCUT2D eigenvalue weighted by molar-refractivity contribution is 7.10. The van der Waals surface area contributed by atoms with Crippen molar-refractivity contribution in [3.05, 3.63) is 52.2 Å². The van der Waals surface area contributed by atoms with Crippen LogP contribution in [0.2, 0.25) is 0 Å². The van der Waals surface area contributed by atoms with Crippen molar-refractivity contribution in [1.29, 1.82) is 0 Å². The molecule has 2 aromatic rings. The Balaban J connectivity index is 0.00000169. The normalized spacial score (nSPS) is 16.2. The highest BCUT2D eigenvalue weighted by Gasteiger charge is 2.26. The molecule has 4 nitrogen and oxygen atoms in total. The highest BCUT2D eigenvalue weighted by Crippen LogP contribution is 2.29. The summed E-state index contributed by atoms with van der Waals surface area (Å²) in [6.07, 6.45) is 2.45. The smallest absolute Gasteiger partial charge is 0.253 e. The lowest BCUT2D eigenvalue weighted by Gasteiger charge is -2.36. The number of rotatable bonds is 5. The van der Waals surface area contributed by atoms with Gasteiger partial charge in [-0.2, -0.15) is 0 Å². The van der Waals surface area contributed by atoms with Crippen LogP contribution in [0.5, 0.6) is 0 Å². The summed E-state index contributed by atoms with van der Waals surface area (Å²) in [7, 11) is 0. The summed E-state index contributed by atoms with van der Waals surface area (Å²) in [6, 6.07) is 11.7. The van der Waals surface area contributed by atoms with Gasteiger partial charge in [0.05, 0.1) is 11.6 Å². The first-order chi connectivity index (χ1) is 11.6. The number of carbonyl (C=O) groups excluding carboxylic acids is 1. The molecular weight excluding hydrogens is 389 g/mol. The summed E-state index contributed by atoms with van der Waals surface area (Å²) in [5.74, 6) is 0.698. The predicted molar refractivity (Wildman–Crippen MR) is 115 cm³/mol. The summed E-state index contributed by atoms with van der Waals surface area (Å²) < 4.78 is 0. The molecule has 0 bridgehead atoms. The van der Waals surface area contributed by atoms with Gasteiger partial charge in [-0.1, -0.05) is 25.1 Å². The topological polar surface area (TPSA) is 58.4 Å². The van der Waals surface area contributed by atoms with Crippen LogP contribution in [0.1, 0.15) is 41.0 Å². The average Bonchev–Trinajstić information content (AvgIpc) is 3.11. The molecule has 1 atom stereocenters. The molecule has 1 aromatic carbocycles. The number of hydrogen-bond donors (Lipinski definition) is 2. The van der Waals surface area contributed by atoms with E-state index in [2.05, 4.69) is 34.7 Å². The Morgan fingerprint density at radius 1 is 1.23 bits per heavy atom. The number of piperidine rings is 1. The largest absolute Gasteiger partial charge is 0.398 e. The molecule has 0 aliphatic carbocycles. The van der Waals surface area contributed by atoms with Crippen molar-refractivity contribution >= 4 is 47.7 Å². The van der Waals surface area contributed by atoms with E-state index in [1.807, 2.05) is 12.1 Å². The number of nitrogen functional groups attached to an aromatic ring is 1. The van der Waals surface area contributed by atoms with Crippen molar-refractivity contribution in [1.82, 2.24) is 10.2 Å². The highest BCUT2D eigenvalue weighted by atomic mass is 35.5. The van der Waals surface area contributed by atoms with Gasteiger partial charge in [-0.25, -0.2) is 0 Å². The van der Waals surface area contributed by atoms with Crippen LogP contribution in [-0.2, 0) is 0 Å².